The first-order valence-electron chi connectivity index (χ1n) is 7.45. The number of amidine groups is 1. The molecule has 2 heterocycles. The number of piperidine rings is 1. The van der Waals surface area contributed by atoms with E-state index in [0.717, 1.165) is 25.3 Å². The van der Waals surface area contributed by atoms with Gasteiger partial charge in [0.05, 0.1) is 0 Å². The van der Waals surface area contributed by atoms with Gasteiger partial charge < -0.3 is 15.8 Å². The zero-order valence-corrected chi connectivity index (χ0v) is 12.8. The van der Waals surface area contributed by atoms with Crippen LogP contribution in [0, 0.1) is 0 Å². The van der Waals surface area contributed by atoms with Crippen molar-refractivity contribution in [3.8, 4) is 0 Å². The van der Waals surface area contributed by atoms with Crippen molar-refractivity contribution in [3.63, 3.8) is 0 Å². The van der Waals surface area contributed by atoms with Gasteiger partial charge in [0.2, 0.25) is 0 Å². The Morgan fingerprint density at radius 1 is 1.29 bits per heavy atom. The number of rotatable bonds is 2. The molecule has 5 nitrogen and oxygen atoms in total. The monoisotopic (exact) mass is 308 g/mol. The molecule has 2 aliphatic heterocycles. The summed E-state index contributed by atoms with van der Waals surface area (Å²) in [5.74, 6) is 0.110. The predicted molar refractivity (Wildman–Crippen MR) is 85.4 cm³/mol. The summed E-state index contributed by atoms with van der Waals surface area (Å²) in [4.78, 5) is 4.91. The molecule has 3 N–H and O–H groups in total. The Kier molecular flexibility index (Phi) is 4.22. The van der Waals surface area contributed by atoms with Crippen LogP contribution in [0.1, 0.15) is 24.8 Å². The number of fused-ring (bicyclic) bond motifs is 1. The fraction of sp³-hybridized carbons (Fsp3) is 0.533. The molecule has 2 saturated heterocycles. The quantitative estimate of drug-likeness (QED) is 0.380. The number of hydrogen-bond donors (Lipinski definition) is 2. The third-order valence-electron chi connectivity index (χ3n) is 4.52. The molecular formula is C15H21ClN4O. The summed E-state index contributed by atoms with van der Waals surface area (Å²) in [7, 11) is 0. The second kappa shape index (κ2) is 6.12. The van der Waals surface area contributed by atoms with E-state index in [2.05, 4.69) is 15.0 Å². The van der Waals surface area contributed by atoms with E-state index in [1.807, 2.05) is 12.1 Å². The molecule has 6 heteroatoms. The SMILES string of the molecule is N/C(=N/O)c1cc(Cl)ccc1N1CCN2CCCCC2C1. The van der Waals surface area contributed by atoms with Gasteiger partial charge in [-0.3, -0.25) is 4.90 Å². The number of oxime groups is 1. The maximum Gasteiger partial charge on any atom is 0.172 e. The van der Waals surface area contributed by atoms with E-state index in [1.54, 1.807) is 6.07 Å². The molecule has 0 aromatic heterocycles. The molecule has 21 heavy (non-hydrogen) atoms. The maximum atomic E-state index is 8.98. The van der Waals surface area contributed by atoms with E-state index in [4.69, 9.17) is 22.5 Å². The van der Waals surface area contributed by atoms with Crippen molar-refractivity contribution >= 4 is 23.1 Å². The molecule has 0 aliphatic carbocycles. The Morgan fingerprint density at radius 2 is 2.14 bits per heavy atom. The Bertz CT molecular complexity index is 548. The first-order chi connectivity index (χ1) is 10.2. The molecule has 114 valence electrons. The zero-order valence-electron chi connectivity index (χ0n) is 12.0. The van der Waals surface area contributed by atoms with E-state index in [9.17, 15) is 0 Å². The highest BCUT2D eigenvalue weighted by Crippen LogP contribution is 2.29. The van der Waals surface area contributed by atoms with Gasteiger partial charge in [0.1, 0.15) is 0 Å². The van der Waals surface area contributed by atoms with Gasteiger partial charge in [0.25, 0.3) is 0 Å². The van der Waals surface area contributed by atoms with Crippen LogP contribution in [0.4, 0.5) is 5.69 Å². The average Bonchev–Trinajstić information content (AvgIpc) is 2.53. The molecule has 1 atom stereocenters. The number of hydrogen-bond acceptors (Lipinski definition) is 4. The number of nitrogens with two attached hydrogens (primary N) is 1. The zero-order chi connectivity index (χ0) is 14.8. The lowest BCUT2D eigenvalue weighted by Gasteiger charge is -2.45. The lowest BCUT2D eigenvalue weighted by Crippen LogP contribution is -2.55. The number of halogens is 1. The molecular weight excluding hydrogens is 288 g/mol. The lowest BCUT2D eigenvalue weighted by atomic mass is 9.98. The van der Waals surface area contributed by atoms with Crippen molar-refractivity contribution in [2.75, 3.05) is 31.1 Å². The van der Waals surface area contributed by atoms with Crippen molar-refractivity contribution in [3.05, 3.63) is 28.8 Å². The molecule has 0 saturated carbocycles. The van der Waals surface area contributed by atoms with Crippen LogP contribution in [-0.2, 0) is 0 Å². The molecule has 3 rings (SSSR count). The van der Waals surface area contributed by atoms with Gasteiger partial charge in [0, 0.05) is 41.9 Å². The topological polar surface area (TPSA) is 65.1 Å². The van der Waals surface area contributed by atoms with E-state index < -0.39 is 0 Å². The van der Waals surface area contributed by atoms with E-state index in [-0.39, 0.29) is 5.84 Å². The molecule has 0 amide bonds. The Hall–Kier alpha value is -1.46. The van der Waals surface area contributed by atoms with Crippen LogP contribution in [0.5, 0.6) is 0 Å². The molecule has 0 spiro atoms. The molecule has 0 bridgehead atoms. The van der Waals surface area contributed by atoms with E-state index in [1.165, 1.54) is 25.8 Å². The summed E-state index contributed by atoms with van der Waals surface area (Å²) in [6.07, 6.45) is 3.87. The van der Waals surface area contributed by atoms with Crippen LogP contribution in [0.2, 0.25) is 5.02 Å². The van der Waals surface area contributed by atoms with Crippen LogP contribution < -0.4 is 10.6 Å². The first-order valence-corrected chi connectivity index (χ1v) is 7.83. The largest absolute Gasteiger partial charge is 0.409 e. The van der Waals surface area contributed by atoms with Crippen molar-refractivity contribution in [2.45, 2.75) is 25.3 Å². The van der Waals surface area contributed by atoms with Gasteiger partial charge in [-0.25, -0.2) is 0 Å². The third kappa shape index (κ3) is 2.94. The van der Waals surface area contributed by atoms with Crippen molar-refractivity contribution in [2.24, 2.45) is 10.9 Å². The first kappa shape index (κ1) is 14.5. The van der Waals surface area contributed by atoms with Crippen molar-refractivity contribution < 1.29 is 5.21 Å². The Morgan fingerprint density at radius 3 is 2.95 bits per heavy atom. The highest BCUT2D eigenvalue weighted by atomic mass is 35.5. The van der Waals surface area contributed by atoms with Gasteiger partial charge in [-0.15, -0.1) is 0 Å². The van der Waals surface area contributed by atoms with Crippen LogP contribution >= 0.6 is 11.6 Å². The molecule has 2 fully saturated rings. The molecule has 1 aromatic rings. The number of nitrogens with zero attached hydrogens (tertiary/aromatic N) is 3. The summed E-state index contributed by atoms with van der Waals surface area (Å²) in [6.45, 7) is 4.24. The third-order valence-corrected chi connectivity index (χ3v) is 4.76. The van der Waals surface area contributed by atoms with Crippen LogP contribution in [-0.4, -0.2) is 48.2 Å². The highest BCUT2D eigenvalue weighted by molar-refractivity contribution is 6.31. The summed E-state index contributed by atoms with van der Waals surface area (Å²) < 4.78 is 0. The minimum absolute atomic E-state index is 0.110. The number of anilines is 1. The smallest absolute Gasteiger partial charge is 0.172 e. The Balaban J connectivity index is 1.86. The predicted octanol–water partition coefficient (Wildman–Crippen LogP) is 2.11. The van der Waals surface area contributed by atoms with E-state index >= 15 is 0 Å². The van der Waals surface area contributed by atoms with Gasteiger partial charge in [-0.05, 0) is 37.6 Å². The fourth-order valence-corrected chi connectivity index (χ4v) is 3.59. The molecule has 2 aliphatic rings. The van der Waals surface area contributed by atoms with Crippen LogP contribution in [0.15, 0.2) is 23.4 Å². The average molecular weight is 309 g/mol. The number of benzene rings is 1. The van der Waals surface area contributed by atoms with E-state index in [0.29, 0.717) is 16.6 Å². The summed E-state index contributed by atoms with van der Waals surface area (Å²) in [5, 5.41) is 12.7. The normalized spacial score (nSPS) is 24.0. The van der Waals surface area contributed by atoms with Gasteiger partial charge in [-0.1, -0.05) is 23.2 Å². The summed E-state index contributed by atoms with van der Waals surface area (Å²) in [5.41, 5.74) is 7.51. The Labute approximate surface area is 130 Å². The second-order valence-electron chi connectivity index (χ2n) is 5.78. The summed E-state index contributed by atoms with van der Waals surface area (Å²) >= 11 is 6.05. The van der Waals surface area contributed by atoms with Crippen molar-refractivity contribution in [1.29, 1.82) is 0 Å². The highest BCUT2D eigenvalue weighted by Gasteiger charge is 2.30. The minimum atomic E-state index is 0.110. The maximum absolute atomic E-state index is 8.98. The van der Waals surface area contributed by atoms with Gasteiger partial charge >= 0.3 is 0 Å². The van der Waals surface area contributed by atoms with Crippen molar-refractivity contribution in [1.82, 2.24) is 4.90 Å². The van der Waals surface area contributed by atoms with Crippen LogP contribution in [0.3, 0.4) is 0 Å². The molecule has 0 radical (unpaired) electrons. The second-order valence-corrected chi connectivity index (χ2v) is 6.21. The minimum Gasteiger partial charge on any atom is -0.409 e. The van der Waals surface area contributed by atoms with Gasteiger partial charge in [-0.2, -0.15) is 0 Å². The molecule has 1 aromatic carbocycles. The van der Waals surface area contributed by atoms with Gasteiger partial charge in [0.15, 0.2) is 5.84 Å². The fourth-order valence-electron chi connectivity index (χ4n) is 3.42. The molecule has 1 unspecified atom stereocenters. The van der Waals surface area contributed by atoms with Crippen LogP contribution in [0.25, 0.3) is 0 Å². The summed E-state index contributed by atoms with van der Waals surface area (Å²) in [6, 6.07) is 6.20. The number of piperazine rings is 1. The standard InChI is InChI=1S/C15H21ClN4O/c16-11-4-5-14(13(9-11)15(17)18-21)20-8-7-19-6-2-1-3-12(19)10-20/h4-5,9,12,21H,1-3,6-8,10H2,(H2,17,18). The lowest BCUT2D eigenvalue weighted by molar-refractivity contribution is 0.133.